The maximum atomic E-state index is 13.5. The molecule has 2 rings (SSSR count). The molecule has 0 saturated carbocycles. The van der Waals surface area contributed by atoms with E-state index in [2.05, 4.69) is 22.2 Å². The van der Waals surface area contributed by atoms with E-state index >= 15 is 0 Å². The van der Waals surface area contributed by atoms with Crippen molar-refractivity contribution < 1.29 is 9.13 Å². The smallest absolute Gasteiger partial charge is 0.224 e. The van der Waals surface area contributed by atoms with Gasteiger partial charge in [-0.25, -0.2) is 9.37 Å². The van der Waals surface area contributed by atoms with Crippen LogP contribution in [0.25, 0.3) is 0 Å². The summed E-state index contributed by atoms with van der Waals surface area (Å²) in [7, 11) is 0. The van der Waals surface area contributed by atoms with Crippen molar-refractivity contribution in [2.45, 2.75) is 20.3 Å². The molecule has 0 aliphatic carbocycles. The summed E-state index contributed by atoms with van der Waals surface area (Å²) in [5.74, 6) is 1.33. The molecule has 5 heteroatoms. The third-order valence-electron chi connectivity index (χ3n) is 2.42. The van der Waals surface area contributed by atoms with Crippen molar-refractivity contribution in [2.24, 2.45) is 0 Å². The normalized spacial score (nSPS) is 10.3. The topological polar surface area (TPSA) is 47.0 Å². The summed E-state index contributed by atoms with van der Waals surface area (Å²) in [5, 5.41) is 3.15. The first-order valence-electron chi connectivity index (χ1n) is 6.21. The number of para-hydroxylation sites is 1. The van der Waals surface area contributed by atoms with E-state index in [9.17, 15) is 4.39 Å². The Hall–Kier alpha value is -2.17. The minimum atomic E-state index is -0.415. The number of anilines is 1. The summed E-state index contributed by atoms with van der Waals surface area (Å²) in [6.07, 6.45) is 0.993. The first-order chi connectivity index (χ1) is 9.19. The second kappa shape index (κ2) is 6.13. The van der Waals surface area contributed by atoms with Gasteiger partial charge >= 0.3 is 0 Å². The summed E-state index contributed by atoms with van der Waals surface area (Å²) in [6.45, 7) is 4.65. The third-order valence-corrected chi connectivity index (χ3v) is 2.42. The van der Waals surface area contributed by atoms with Crippen molar-refractivity contribution in [3.63, 3.8) is 0 Å². The highest BCUT2D eigenvalue weighted by Gasteiger charge is 2.07. The van der Waals surface area contributed by atoms with Crippen molar-refractivity contribution in [1.29, 1.82) is 0 Å². The Morgan fingerprint density at radius 1 is 1.26 bits per heavy atom. The summed E-state index contributed by atoms with van der Waals surface area (Å²) in [6, 6.07) is 7.89. The lowest BCUT2D eigenvalue weighted by atomic mass is 10.3. The van der Waals surface area contributed by atoms with Crippen molar-refractivity contribution in [3.8, 4) is 11.6 Å². The first-order valence-corrected chi connectivity index (χ1v) is 6.21. The number of hydrogen-bond acceptors (Lipinski definition) is 4. The van der Waals surface area contributed by atoms with Crippen LogP contribution < -0.4 is 10.1 Å². The van der Waals surface area contributed by atoms with Crippen LogP contribution in [0.4, 0.5) is 10.2 Å². The molecule has 0 radical (unpaired) electrons. The van der Waals surface area contributed by atoms with E-state index in [1.165, 1.54) is 6.07 Å². The van der Waals surface area contributed by atoms with Crippen LogP contribution in [0.5, 0.6) is 11.6 Å². The number of aryl methyl sites for hydroxylation is 1. The first kappa shape index (κ1) is 13.3. The lowest BCUT2D eigenvalue weighted by Crippen LogP contribution is -2.04. The highest BCUT2D eigenvalue weighted by Crippen LogP contribution is 2.23. The molecular formula is C14H16FN3O. The highest BCUT2D eigenvalue weighted by atomic mass is 19.1. The molecule has 1 aromatic heterocycles. The molecule has 0 fully saturated rings. The Morgan fingerprint density at radius 3 is 2.79 bits per heavy atom. The Bertz CT molecular complexity index is 560. The zero-order valence-corrected chi connectivity index (χ0v) is 11.0. The van der Waals surface area contributed by atoms with Gasteiger partial charge in [-0.2, -0.15) is 4.98 Å². The van der Waals surface area contributed by atoms with Crippen LogP contribution in [-0.4, -0.2) is 16.5 Å². The lowest BCUT2D eigenvalue weighted by molar-refractivity contribution is 0.425. The van der Waals surface area contributed by atoms with Crippen molar-refractivity contribution in [1.82, 2.24) is 9.97 Å². The Balaban J connectivity index is 2.20. The summed E-state index contributed by atoms with van der Waals surface area (Å²) in [5.41, 5.74) is 0. The van der Waals surface area contributed by atoms with Crippen LogP contribution in [0.1, 0.15) is 19.2 Å². The van der Waals surface area contributed by atoms with E-state index in [-0.39, 0.29) is 5.75 Å². The van der Waals surface area contributed by atoms with Crippen LogP contribution in [0.3, 0.4) is 0 Å². The lowest BCUT2D eigenvalue weighted by Gasteiger charge is -2.09. The van der Waals surface area contributed by atoms with Crippen molar-refractivity contribution >= 4 is 5.82 Å². The monoisotopic (exact) mass is 261 g/mol. The molecule has 0 saturated heterocycles. The van der Waals surface area contributed by atoms with Gasteiger partial charge in [0.2, 0.25) is 5.88 Å². The molecule has 19 heavy (non-hydrogen) atoms. The largest absolute Gasteiger partial charge is 0.436 e. The fourth-order valence-electron chi connectivity index (χ4n) is 1.58. The average Bonchev–Trinajstić information content (AvgIpc) is 2.38. The number of hydrogen-bond donors (Lipinski definition) is 1. The van der Waals surface area contributed by atoms with Gasteiger partial charge in [-0.15, -0.1) is 0 Å². The molecule has 0 aliphatic heterocycles. The van der Waals surface area contributed by atoms with Gasteiger partial charge in [-0.05, 0) is 25.5 Å². The number of aromatic nitrogens is 2. The van der Waals surface area contributed by atoms with E-state index < -0.39 is 5.82 Å². The number of halogens is 1. The zero-order valence-electron chi connectivity index (χ0n) is 11.0. The maximum absolute atomic E-state index is 13.5. The van der Waals surface area contributed by atoms with E-state index in [4.69, 9.17) is 4.74 Å². The standard InChI is InChI=1S/C14H16FN3O/c1-3-8-16-13-9-14(18-10(2)17-13)19-12-7-5-4-6-11(12)15/h4-7,9H,3,8H2,1-2H3,(H,16,17,18). The molecule has 2 aromatic rings. The minimum Gasteiger partial charge on any atom is -0.436 e. The highest BCUT2D eigenvalue weighted by molar-refractivity contribution is 5.40. The van der Waals surface area contributed by atoms with Gasteiger partial charge < -0.3 is 10.1 Å². The van der Waals surface area contributed by atoms with Crippen LogP contribution in [0, 0.1) is 12.7 Å². The van der Waals surface area contributed by atoms with E-state index in [1.807, 2.05) is 0 Å². The maximum Gasteiger partial charge on any atom is 0.224 e. The third kappa shape index (κ3) is 3.64. The Morgan fingerprint density at radius 2 is 2.05 bits per heavy atom. The molecule has 1 heterocycles. The fraction of sp³-hybridized carbons (Fsp3) is 0.286. The molecule has 1 aromatic carbocycles. The molecule has 4 nitrogen and oxygen atoms in total. The number of ether oxygens (including phenoxy) is 1. The van der Waals surface area contributed by atoms with Crippen LogP contribution in [-0.2, 0) is 0 Å². The Kier molecular flexibility index (Phi) is 4.28. The molecule has 0 spiro atoms. The minimum absolute atomic E-state index is 0.155. The molecule has 0 aliphatic rings. The quantitative estimate of drug-likeness (QED) is 0.894. The van der Waals surface area contributed by atoms with E-state index in [0.717, 1.165) is 13.0 Å². The molecule has 0 unspecified atom stereocenters. The van der Waals surface area contributed by atoms with Gasteiger partial charge in [0.25, 0.3) is 0 Å². The second-order valence-electron chi connectivity index (χ2n) is 4.10. The molecule has 0 bridgehead atoms. The van der Waals surface area contributed by atoms with Gasteiger partial charge in [-0.3, -0.25) is 0 Å². The SMILES string of the molecule is CCCNc1cc(Oc2ccccc2F)nc(C)n1. The second-order valence-corrected chi connectivity index (χ2v) is 4.10. The number of nitrogens with one attached hydrogen (secondary N) is 1. The van der Waals surface area contributed by atoms with E-state index in [1.54, 1.807) is 31.2 Å². The average molecular weight is 261 g/mol. The summed E-state index contributed by atoms with van der Waals surface area (Å²) >= 11 is 0. The van der Waals surface area contributed by atoms with Gasteiger partial charge in [-0.1, -0.05) is 19.1 Å². The molecule has 0 amide bonds. The number of rotatable bonds is 5. The predicted octanol–water partition coefficient (Wildman–Crippen LogP) is 3.54. The van der Waals surface area contributed by atoms with Crippen molar-refractivity contribution in [3.05, 3.63) is 42.0 Å². The molecule has 100 valence electrons. The molecule has 1 N–H and O–H groups in total. The van der Waals surface area contributed by atoms with Gasteiger partial charge in [0, 0.05) is 12.6 Å². The van der Waals surface area contributed by atoms with Crippen molar-refractivity contribution in [2.75, 3.05) is 11.9 Å². The van der Waals surface area contributed by atoms with Crippen LogP contribution >= 0.6 is 0 Å². The predicted molar refractivity (Wildman–Crippen MR) is 72.0 cm³/mol. The number of benzene rings is 1. The fourth-order valence-corrected chi connectivity index (χ4v) is 1.58. The van der Waals surface area contributed by atoms with E-state index in [0.29, 0.717) is 17.5 Å². The van der Waals surface area contributed by atoms with Crippen LogP contribution in [0.2, 0.25) is 0 Å². The van der Waals surface area contributed by atoms with Gasteiger partial charge in [0.1, 0.15) is 11.6 Å². The number of nitrogens with zero attached hydrogens (tertiary/aromatic N) is 2. The van der Waals surface area contributed by atoms with Gasteiger partial charge in [0.15, 0.2) is 11.6 Å². The van der Waals surface area contributed by atoms with Gasteiger partial charge in [0.05, 0.1) is 0 Å². The van der Waals surface area contributed by atoms with Crippen LogP contribution in [0.15, 0.2) is 30.3 Å². The Labute approximate surface area is 111 Å². The molecule has 0 atom stereocenters. The summed E-state index contributed by atoms with van der Waals surface area (Å²) < 4.78 is 18.9. The molecular weight excluding hydrogens is 245 g/mol. The zero-order chi connectivity index (χ0) is 13.7. The summed E-state index contributed by atoms with van der Waals surface area (Å²) in [4.78, 5) is 8.38.